The molecular formula is C16H12O3. The van der Waals surface area contributed by atoms with Crippen LogP contribution in [0.2, 0.25) is 0 Å². The molecule has 1 saturated heterocycles. The van der Waals surface area contributed by atoms with Crippen molar-refractivity contribution in [1.29, 1.82) is 0 Å². The van der Waals surface area contributed by atoms with Gasteiger partial charge in [-0.1, -0.05) is 36.4 Å². The Kier molecular flexibility index (Phi) is 2.07. The molecule has 0 N–H and O–H groups in total. The molecule has 19 heavy (non-hydrogen) atoms. The Hall–Kier alpha value is -2.16. The summed E-state index contributed by atoms with van der Waals surface area (Å²) in [6.45, 7) is 0. The van der Waals surface area contributed by atoms with Crippen molar-refractivity contribution >= 4 is 22.7 Å². The molecule has 4 rings (SSSR count). The molecule has 2 aromatic rings. The molecule has 0 spiro atoms. The number of esters is 2. The number of rotatable bonds is 1. The summed E-state index contributed by atoms with van der Waals surface area (Å²) in [4.78, 5) is 23.1. The summed E-state index contributed by atoms with van der Waals surface area (Å²) in [6, 6.07) is 12.4. The average molecular weight is 252 g/mol. The zero-order valence-electron chi connectivity index (χ0n) is 10.3. The molecule has 1 aliphatic heterocycles. The number of hydrogen-bond acceptors (Lipinski definition) is 3. The van der Waals surface area contributed by atoms with E-state index in [1.54, 1.807) is 0 Å². The van der Waals surface area contributed by atoms with E-state index in [0.717, 1.165) is 6.42 Å². The van der Waals surface area contributed by atoms with Crippen molar-refractivity contribution < 1.29 is 14.3 Å². The second kappa shape index (κ2) is 3.67. The van der Waals surface area contributed by atoms with E-state index in [1.165, 1.54) is 21.9 Å². The van der Waals surface area contributed by atoms with Gasteiger partial charge >= 0.3 is 11.9 Å². The molecule has 0 unspecified atom stereocenters. The van der Waals surface area contributed by atoms with Gasteiger partial charge in [-0.25, -0.2) is 0 Å². The molecule has 3 nitrogen and oxygen atoms in total. The summed E-state index contributed by atoms with van der Waals surface area (Å²) in [6.07, 6.45) is 1.04. The molecule has 2 aromatic carbocycles. The first-order valence-electron chi connectivity index (χ1n) is 6.49. The Morgan fingerprint density at radius 2 is 1.74 bits per heavy atom. The Bertz CT molecular complexity index is 712. The van der Waals surface area contributed by atoms with Crippen LogP contribution in [0.5, 0.6) is 0 Å². The lowest BCUT2D eigenvalue weighted by atomic mass is 9.85. The van der Waals surface area contributed by atoms with Crippen LogP contribution in [-0.2, 0) is 20.7 Å². The van der Waals surface area contributed by atoms with Crippen molar-refractivity contribution in [2.24, 2.45) is 5.92 Å². The number of ether oxygens (including phenoxy) is 1. The minimum absolute atomic E-state index is 0.0834. The van der Waals surface area contributed by atoms with Gasteiger partial charge in [-0.05, 0) is 28.3 Å². The summed E-state index contributed by atoms with van der Waals surface area (Å²) < 4.78 is 4.70. The van der Waals surface area contributed by atoms with Gasteiger partial charge < -0.3 is 4.74 Å². The molecule has 2 aliphatic rings. The lowest BCUT2D eigenvalue weighted by Crippen LogP contribution is -2.17. The van der Waals surface area contributed by atoms with Crippen LogP contribution in [0.3, 0.4) is 0 Å². The maximum Gasteiger partial charge on any atom is 0.317 e. The second-order valence-electron chi connectivity index (χ2n) is 5.28. The minimum Gasteiger partial charge on any atom is -0.393 e. The number of carbonyl (C=O) groups is 2. The van der Waals surface area contributed by atoms with Gasteiger partial charge in [0, 0.05) is 5.92 Å². The van der Waals surface area contributed by atoms with Gasteiger partial charge in [-0.15, -0.1) is 0 Å². The van der Waals surface area contributed by atoms with E-state index >= 15 is 0 Å². The number of benzene rings is 2. The first kappa shape index (κ1) is 10.7. The lowest BCUT2D eigenvalue weighted by molar-refractivity contribution is -0.153. The van der Waals surface area contributed by atoms with E-state index in [1.807, 2.05) is 12.1 Å². The molecule has 94 valence electrons. The van der Waals surface area contributed by atoms with Crippen molar-refractivity contribution in [3.05, 3.63) is 47.5 Å². The zero-order chi connectivity index (χ0) is 13.0. The van der Waals surface area contributed by atoms with E-state index in [2.05, 4.69) is 24.3 Å². The predicted octanol–water partition coefficient (Wildman–Crippen LogP) is 2.57. The minimum atomic E-state index is -0.391. The van der Waals surface area contributed by atoms with Gasteiger partial charge in [0.1, 0.15) is 0 Å². The molecule has 1 fully saturated rings. The van der Waals surface area contributed by atoms with Crippen LogP contribution in [0.1, 0.15) is 23.5 Å². The van der Waals surface area contributed by atoms with Crippen molar-refractivity contribution in [3.8, 4) is 0 Å². The maximum atomic E-state index is 11.8. The van der Waals surface area contributed by atoms with Gasteiger partial charge in [-0.3, -0.25) is 9.59 Å². The summed E-state index contributed by atoms with van der Waals surface area (Å²) in [5, 5.41) is 2.46. The SMILES string of the molecule is O=C1C[C@H]([C@@H]2Cc3cccc4cccc2c34)C(=O)O1. The molecule has 0 aromatic heterocycles. The number of hydrogen-bond donors (Lipinski definition) is 0. The van der Waals surface area contributed by atoms with Crippen molar-refractivity contribution in [2.45, 2.75) is 18.8 Å². The van der Waals surface area contributed by atoms with Gasteiger partial charge in [0.05, 0.1) is 12.3 Å². The molecule has 3 heteroatoms. The topological polar surface area (TPSA) is 43.4 Å². The van der Waals surface area contributed by atoms with E-state index < -0.39 is 5.97 Å². The molecule has 0 radical (unpaired) electrons. The van der Waals surface area contributed by atoms with Crippen molar-refractivity contribution in [1.82, 2.24) is 0 Å². The summed E-state index contributed by atoms with van der Waals surface area (Å²) in [5.41, 5.74) is 2.45. The first-order chi connectivity index (χ1) is 9.24. The third-order valence-corrected chi connectivity index (χ3v) is 4.25. The first-order valence-corrected chi connectivity index (χ1v) is 6.49. The fraction of sp³-hybridized carbons (Fsp3) is 0.250. The van der Waals surface area contributed by atoms with Crippen LogP contribution in [0, 0.1) is 5.92 Å². The van der Waals surface area contributed by atoms with Crippen LogP contribution in [0.15, 0.2) is 36.4 Å². The summed E-state index contributed by atoms with van der Waals surface area (Å²) in [5.74, 6) is -0.983. The lowest BCUT2D eigenvalue weighted by Gasteiger charge is -2.15. The highest BCUT2D eigenvalue weighted by Gasteiger charge is 2.42. The number of carbonyl (C=O) groups excluding carboxylic acids is 2. The van der Waals surface area contributed by atoms with Crippen LogP contribution < -0.4 is 0 Å². The van der Waals surface area contributed by atoms with Gasteiger partial charge in [0.15, 0.2) is 0 Å². The van der Waals surface area contributed by atoms with Crippen LogP contribution in [-0.4, -0.2) is 11.9 Å². The Morgan fingerprint density at radius 3 is 2.47 bits per heavy atom. The van der Waals surface area contributed by atoms with Crippen LogP contribution >= 0.6 is 0 Å². The zero-order valence-corrected chi connectivity index (χ0v) is 10.3. The Balaban J connectivity index is 1.86. The van der Waals surface area contributed by atoms with Crippen molar-refractivity contribution in [3.63, 3.8) is 0 Å². The highest BCUT2D eigenvalue weighted by Crippen LogP contribution is 2.44. The predicted molar refractivity (Wildman–Crippen MR) is 69.6 cm³/mol. The standard InChI is InChI=1S/C16H12O3/c17-14-8-13(16(18)19-14)12-7-10-5-1-3-9-4-2-6-11(12)15(9)10/h1-6,12-13H,7-8H2/t12-,13-/m1/s1. The molecule has 1 aliphatic carbocycles. The third-order valence-electron chi connectivity index (χ3n) is 4.25. The van der Waals surface area contributed by atoms with Gasteiger partial charge in [0.25, 0.3) is 0 Å². The molecular weight excluding hydrogens is 240 g/mol. The maximum absolute atomic E-state index is 11.8. The highest BCUT2D eigenvalue weighted by atomic mass is 16.6. The molecule has 0 amide bonds. The average Bonchev–Trinajstić information content (AvgIpc) is 2.93. The van der Waals surface area contributed by atoms with Crippen LogP contribution in [0.4, 0.5) is 0 Å². The third kappa shape index (κ3) is 1.44. The normalized spacial score (nSPS) is 25.1. The fourth-order valence-corrected chi connectivity index (χ4v) is 3.43. The van der Waals surface area contributed by atoms with E-state index in [9.17, 15) is 9.59 Å². The largest absolute Gasteiger partial charge is 0.393 e. The van der Waals surface area contributed by atoms with Gasteiger partial charge in [0.2, 0.25) is 0 Å². The van der Waals surface area contributed by atoms with Crippen LogP contribution in [0.25, 0.3) is 10.8 Å². The second-order valence-corrected chi connectivity index (χ2v) is 5.28. The van der Waals surface area contributed by atoms with E-state index in [0.29, 0.717) is 0 Å². The van der Waals surface area contributed by atoms with E-state index in [4.69, 9.17) is 4.74 Å². The highest BCUT2D eigenvalue weighted by molar-refractivity contribution is 5.97. The molecule has 1 heterocycles. The Labute approximate surface area is 110 Å². The monoisotopic (exact) mass is 252 g/mol. The molecule has 0 saturated carbocycles. The molecule has 2 atom stereocenters. The number of cyclic esters (lactones) is 2. The fourth-order valence-electron chi connectivity index (χ4n) is 3.43. The summed E-state index contributed by atoms with van der Waals surface area (Å²) in [7, 11) is 0. The Morgan fingerprint density at radius 1 is 0.947 bits per heavy atom. The van der Waals surface area contributed by atoms with E-state index in [-0.39, 0.29) is 24.2 Å². The van der Waals surface area contributed by atoms with Gasteiger partial charge in [-0.2, -0.15) is 0 Å². The smallest absolute Gasteiger partial charge is 0.317 e. The summed E-state index contributed by atoms with van der Waals surface area (Å²) >= 11 is 0. The van der Waals surface area contributed by atoms with Crippen molar-refractivity contribution in [2.75, 3.05) is 0 Å². The quantitative estimate of drug-likeness (QED) is 0.578. The molecule has 0 bridgehead atoms.